The Labute approximate surface area is 346 Å². The molecule has 3 amide bonds. The molecular weight excluding hydrogens is 805 g/mol. The van der Waals surface area contributed by atoms with Crippen molar-refractivity contribution in [3.8, 4) is 11.5 Å². The van der Waals surface area contributed by atoms with Crippen LogP contribution < -0.4 is 18.9 Å². The lowest BCUT2D eigenvalue weighted by atomic mass is 9.74. The van der Waals surface area contributed by atoms with Gasteiger partial charge in [0, 0.05) is 38.3 Å². The number of ketones is 2. The van der Waals surface area contributed by atoms with Crippen molar-refractivity contribution in [2.45, 2.75) is 141 Å². The highest BCUT2D eigenvalue weighted by Crippen LogP contribution is 2.58. The average Bonchev–Trinajstić information content (AvgIpc) is 3.99. The van der Waals surface area contributed by atoms with Crippen LogP contribution in [0.15, 0.2) is 12.1 Å². The minimum Gasteiger partial charge on any atom is -0.454 e. The van der Waals surface area contributed by atoms with Crippen LogP contribution in [-0.4, -0.2) is 99.1 Å². The van der Waals surface area contributed by atoms with Gasteiger partial charge in [-0.25, -0.2) is 26.4 Å². The van der Waals surface area contributed by atoms with Gasteiger partial charge in [-0.2, -0.15) is 0 Å². The van der Waals surface area contributed by atoms with E-state index in [4.69, 9.17) is 14.2 Å². The first-order chi connectivity index (χ1) is 27.7. The number of likely N-dealkylation sites (tertiary alicyclic amines) is 1. The van der Waals surface area contributed by atoms with E-state index in [-0.39, 0.29) is 57.5 Å². The van der Waals surface area contributed by atoms with E-state index in [1.165, 1.54) is 9.80 Å². The van der Waals surface area contributed by atoms with E-state index >= 15 is 0 Å². The molecule has 6 atom stereocenters. The van der Waals surface area contributed by atoms with Gasteiger partial charge in [-0.1, -0.05) is 53.4 Å². The molecule has 0 bridgehead atoms. The van der Waals surface area contributed by atoms with Crippen LogP contribution in [0.3, 0.4) is 0 Å². The number of hydrogen-bond donors (Lipinski definition) is 2. The highest BCUT2D eigenvalue weighted by atomic mass is 32.2. The third-order valence-corrected chi connectivity index (χ3v) is 15.8. The normalized spacial score (nSPS) is 26.6. The monoisotopic (exact) mass is 862 g/mol. The molecule has 6 aliphatic rings. The van der Waals surface area contributed by atoms with E-state index < -0.39 is 89.7 Å². The van der Waals surface area contributed by atoms with Gasteiger partial charge in [-0.3, -0.25) is 28.8 Å². The van der Waals surface area contributed by atoms with Gasteiger partial charge in [-0.15, -0.1) is 0 Å². The molecule has 3 saturated carbocycles. The van der Waals surface area contributed by atoms with Gasteiger partial charge in [0.05, 0.1) is 35.5 Å². The molecule has 1 aromatic carbocycles. The fourth-order valence-corrected chi connectivity index (χ4v) is 11.8. The Bertz CT molecular complexity index is 2060. The first kappa shape index (κ1) is 43.3. The van der Waals surface area contributed by atoms with Crippen molar-refractivity contribution in [2.75, 3.05) is 19.6 Å². The van der Waals surface area contributed by atoms with E-state index in [9.17, 15) is 40.8 Å². The van der Waals surface area contributed by atoms with E-state index in [0.717, 1.165) is 36.6 Å². The zero-order valence-corrected chi connectivity index (χ0v) is 36.3. The Morgan fingerprint density at radius 3 is 2.12 bits per heavy atom. The van der Waals surface area contributed by atoms with Crippen LogP contribution in [0.25, 0.3) is 0 Å². The lowest BCUT2D eigenvalue weighted by Gasteiger charge is -2.36. The van der Waals surface area contributed by atoms with E-state index in [1.54, 1.807) is 20.8 Å². The molecule has 3 aliphatic carbocycles. The number of ether oxygens (including phenoxy) is 3. The maximum atomic E-state index is 14.9. The van der Waals surface area contributed by atoms with Crippen LogP contribution in [-0.2, 0) is 57.1 Å². The lowest BCUT2D eigenvalue weighted by Crippen LogP contribution is -2.51. The highest BCUT2D eigenvalue weighted by molar-refractivity contribution is 7.91. The van der Waals surface area contributed by atoms with Crippen LogP contribution in [0.2, 0.25) is 0 Å². The van der Waals surface area contributed by atoms with Crippen molar-refractivity contribution in [1.29, 1.82) is 0 Å². The van der Waals surface area contributed by atoms with Crippen molar-refractivity contribution in [3.63, 3.8) is 0 Å². The summed E-state index contributed by atoms with van der Waals surface area (Å²) in [5.41, 5.74) is -0.344. The topological polar surface area (TPSA) is 212 Å². The molecule has 3 aliphatic heterocycles. The van der Waals surface area contributed by atoms with Crippen LogP contribution in [0.4, 0.5) is 4.79 Å². The molecule has 59 heavy (non-hydrogen) atoms. The predicted molar refractivity (Wildman–Crippen MR) is 214 cm³/mol. The second-order valence-electron chi connectivity index (χ2n) is 18.7. The van der Waals surface area contributed by atoms with Crippen molar-refractivity contribution in [2.24, 2.45) is 28.6 Å². The van der Waals surface area contributed by atoms with Gasteiger partial charge in [0.15, 0.2) is 23.1 Å². The summed E-state index contributed by atoms with van der Waals surface area (Å²) in [7, 11) is -7.66. The molecule has 16 nitrogen and oxygen atoms in total. The highest BCUT2D eigenvalue weighted by Gasteiger charge is 2.62. The second-order valence-corrected chi connectivity index (χ2v) is 22.5. The van der Waals surface area contributed by atoms with Gasteiger partial charge in [0.25, 0.3) is 0 Å². The summed E-state index contributed by atoms with van der Waals surface area (Å²) in [5.74, 6) is -2.39. The van der Waals surface area contributed by atoms with E-state index in [2.05, 4.69) is 9.44 Å². The van der Waals surface area contributed by atoms with Gasteiger partial charge in [0.1, 0.15) is 6.10 Å². The number of nitrogens with zero attached hydrogens (tertiary/aromatic N) is 2. The predicted octanol–water partition coefficient (Wildman–Crippen LogP) is 3.94. The zero-order chi connectivity index (χ0) is 42.7. The van der Waals surface area contributed by atoms with Crippen LogP contribution in [0.1, 0.15) is 116 Å². The molecule has 2 N–H and O–H groups in total. The van der Waals surface area contributed by atoms with Crippen molar-refractivity contribution in [1.82, 2.24) is 19.2 Å². The summed E-state index contributed by atoms with van der Waals surface area (Å²) in [6, 6.07) is 1.51. The number of carbonyl (C=O) groups is 5. The summed E-state index contributed by atoms with van der Waals surface area (Å²) in [5, 5.41) is -0.634. The number of hydrogen-bond acceptors (Lipinski definition) is 12. The Kier molecular flexibility index (Phi) is 11.9. The molecule has 3 heterocycles. The lowest BCUT2D eigenvalue weighted by molar-refractivity contribution is -0.146. The van der Waals surface area contributed by atoms with Gasteiger partial charge in [-0.05, 0) is 72.6 Å². The van der Waals surface area contributed by atoms with Gasteiger partial charge in [0.2, 0.25) is 38.7 Å². The molecule has 0 radical (unpaired) electrons. The fourth-order valence-electron chi connectivity index (χ4n) is 9.59. The van der Waals surface area contributed by atoms with Crippen LogP contribution >= 0.6 is 0 Å². The summed E-state index contributed by atoms with van der Waals surface area (Å²) in [6.07, 6.45) is 4.60. The maximum Gasteiger partial charge on any atom is 0.410 e. The fraction of sp³-hybridized carbons (Fsp3) is 0.732. The van der Waals surface area contributed by atoms with Crippen molar-refractivity contribution < 1.29 is 55.0 Å². The first-order valence-corrected chi connectivity index (χ1v) is 24.4. The number of rotatable bonds is 15. The molecule has 4 fully saturated rings. The summed E-state index contributed by atoms with van der Waals surface area (Å²) < 4.78 is 72.4. The van der Waals surface area contributed by atoms with Gasteiger partial charge < -0.3 is 19.1 Å². The minimum absolute atomic E-state index is 0.0624. The van der Waals surface area contributed by atoms with E-state index in [0.29, 0.717) is 50.0 Å². The quantitative estimate of drug-likeness (QED) is 0.257. The maximum absolute atomic E-state index is 14.9. The van der Waals surface area contributed by atoms with E-state index in [1.807, 2.05) is 19.1 Å². The third-order valence-electron chi connectivity index (χ3n) is 13.3. The molecule has 0 aromatic heterocycles. The first-order valence-electron chi connectivity index (χ1n) is 21.0. The van der Waals surface area contributed by atoms with Crippen LogP contribution in [0.5, 0.6) is 11.5 Å². The summed E-state index contributed by atoms with van der Waals surface area (Å²) in [4.78, 5) is 73.9. The number of carbonyl (C=O) groups excluding carboxylic acids is 5. The Morgan fingerprint density at radius 2 is 1.58 bits per heavy atom. The molecule has 0 spiro atoms. The number of amides is 3. The third kappa shape index (κ3) is 9.43. The van der Waals surface area contributed by atoms with Crippen LogP contribution in [0, 0.1) is 28.6 Å². The van der Waals surface area contributed by atoms with Gasteiger partial charge >= 0.3 is 6.09 Å². The molecule has 1 aromatic rings. The smallest absolute Gasteiger partial charge is 0.410 e. The molecule has 1 unspecified atom stereocenters. The number of fused-ring (bicyclic) bond motifs is 2. The summed E-state index contributed by atoms with van der Waals surface area (Å²) >= 11 is 0. The Balaban J connectivity index is 1.13. The van der Waals surface area contributed by atoms with Crippen molar-refractivity contribution in [3.05, 3.63) is 23.3 Å². The number of benzene rings is 1. The number of Topliss-reactive ketones (excluding diaryl/α,β-unsaturated/α-hetero) is 2. The zero-order valence-electron chi connectivity index (χ0n) is 34.6. The molecule has 1 saturated heterocycles. The number of sulfonamides is 2. The number of nitrogens with one attached hydrogen (secondary N) is 2. The molecule has 18 heteroatoms. The Hall–Kier alpha value is -3.77. The average molecular weight is 863 g/mol. The standard InChI is InChI=1S/C41H58N4O12S2/c1-6-27-18-41(27,38(49)43-59(53,54)29-12-13-29)19-33(47)31-16-28(57-39(50)44-20-25-14-34-35(56-23-55-34)15-26(25)21-44)22-45(31)37(48)30(40(2,3)4)17-32(46)36(42-58(5,51)52)24-10-8-7-9-11-24/h14-15,24,27-31,36,42H,6-13,16-23H2,1-5H3,(H,43,49)/t27-,28+,30+,31?,36-,41-/m0/s1. The van der Waals surface area contributed by atoms with Crippen molar-refractivity contribution >= 4 is 49.5 Å². The SMILES string of the molecule is CC[C@H]1C[C@@]1(CC(=O)C1C[C@@H](OC(=O)N2Cc3cc4c(cc3C2)OCO4)CN1C(=O)[C@@H](CC(=O)[C@@H](NS(C)(=O)=O)C1CCCCC1)C(C)(C)C)C(=O)NS(=O)(=O)C1CC1. The Morgan fingerprint density at radius 1 is 0.949 bits per heavy atom. The molecule has 326 valence electrons. The molecular formula is C41H58N4O12S2. The summed E-state index contributed by atoms with van der Waals surface area (Å²) in [6.45, 7) is 7.75. The largest absolute Gasteiger partial charge is 0.454 e. The second kappa shape index (κ2) is 16.3. The molecule has 7 rings (SSSR count). The minimum atomic E-state index is -3.89.